The minimum Gasteiger partial charge on any atom is -0.368 e. The molecule has 0 unspecified atom stereocenters. The lowest BCUT2D eigenvalue weighted by molar-refractivity contribution is 0.262. The normalized spacial score (nSPS) is 20.8. The van der Waals surface area contributed by atoms with Crippen LogP contribution in [0.1, 0.15) is 81.1 Å². The molecule has 0 spiro atoms. The molecule has 0 aromatic carbocycles. The molecule has 0 bridgehead atoms. The summed E-state index contributed by atoms with van der Waals surface area (Å²) in [6.45, 7) is 35.4. The average Bonchev–Trinajstić information content (AvgIpc) is 2.94. The van der Waals surface area contributed by atoms with Gasteiger partial charge in [0.2, 0.25) is 0 Å². The largest absolute Gasteiger partial charge is 0.368 e. The van der Waals surface area contributed by atoms with Gasteiger partial charge in [-0.15, -0.1) is 0 Å². The van der Waals surface area contributed by atoms with Crippen molar-refractivity contribution in [1.82, 2.24) is 5.32 Å². The Morgan fingerprint density at radius 1 is 0.857 bits per heavy atom. The van der Waals surface area contributed by atoms with Gasteiger partial charge in [0.05, 0.1) is 0 Å². The van der Waals surface area contributed by atoms with E-state index in [9.17, 15) is 0 Å². The van der Waals surface area contributed by atoms with Gasteiger partial charge in [0.1, 0.15) is 11.5 Å². The summed E-state index contributed by atoms with van der Waals surface area (Å²) < 4.78 is 15.3. The van der Waals surface area contributed by atoms with Crippen molar-refractivity contribution >= 4 is 12.4 Å². The minimum absolute atomic E-state index is 0.180. The van der Waals surface area contributed by atoms with Crippen LogP contribution >= 0.6 is 0 Å². The first-order chi connectivity index (χ1) is 19.7. The van der Waals surface area contributed by atoms with Crippen molar-refractivity contribution in [3.05, 3.63) is 120 Å². The molecule has 1 N–H and O–H groups in total. The molecule has 1 aliphatic carbocycles. The Hall–Kier alpha value is -3.53. The van der Waals surface area contributed by atoms with Crippen LogP contribution in [0.2, 0.25) is 0 Å². The predicted molar refractivity (Wildman–Crippen MR) is 186 cm³/mol. The number of rotatable bonds is 15. The maximum atomic E-state index is 15.3. The van der Waals surface area contributed by atoms with Crippen LogP contribution in [0.15, 0.2) is 130 Å². The van der Waals surface area contributed by atoms with Crippen LogP contribution < -0.4 is 5.32 Å². The van der Waals surface area contributed by atoms with E-state index in [1.165, 1.54) is 0 Å². The van der Waals surface area contributed by atoms with E-state index >= 15 is 4.39 Å². The standard InChI is InChI=1S/C38H54FN3/c1-14-27(8)23-32(17-4)29(10)35(38(12,13)39)25-40-30(11)42-34-21-19-33(20-22-34)37(26(6)7)36(18-5)41-24-28(9)31(15-2)16-3/h14-18,23-25,33-34,37,42H,2,4,6,9,11,19-22H2,1,3,5,7-8,10,12-13H3/b27-14-,31-16+,32-23+,35-29-,36-18-,40-25-,41-24-/t33?,34?,37-/m1/s1. The first-order valence-electron chi connectivity index (χ1n) is 14.9. The zero-order valence-electron chi connectivity index (χ0n) is 27.5. The third-order valence-electron chi connectivity index (χ3n) is 7.92. The van der Waals surface area contributed by atoms with Gasteiger partial charge in [-0.3, -0.25) is 4.99 Å². The molecule has 4 heteroatoms. The Labute approximate surface area is 256 Å². The minimum atomic E-state index is -1.57. The highest BCUT2D eigenvalue weighted by atomic mass is 19.1. The van der Waals surface area contributed by atoms with Gasteiger partial charge in [-0.2, -0.15) is 0 Å². The van der Waals surface area contributed by atoms with Crippen molar-refractivity contribution in [1.29, 1.82) is 0 Å². The van der Waals surface area contributed by atoms with Crippen LogP contribution in [0, 0.1) is 11.8 Å². The number of nitrogens with one attached hydrogen (secondary N) is 1. The number of hydrogen-bond acceptors (Lipinski definition) is 3. The summed E-state index contributed by atoms with van der Waals surface area (Å²) in [4.78, 5) is 9.38. The Morgan fingerprint density at radius 3 is 1.90 bits per heavy atom. The molecule has 3 nitrogen and oxygen atoms in total. The fourth-order valence-electron chi connectivity index (χ4n) is 5.40. The number of allylic oxidation sites excluding steroid dienone is 13. The Balaban J connectivity index is 3.01. The lowest BCUT2D eigenvalue weighted by Crippen LogP contribution is -2.34. The van der Waals surface area contributed by atoms with E-state index in [0.717, 1.165) is 64.8 Å². The van der Waals surface area contributed by atoms with Gasteiger partial charge in [-0.1, -0.05) is 80.5 Å². The highest BCUT2D eigenvalue weighted by Crippen LogP contribution is 2.38. The van der Waals surface area contributed by atoms with E-state index in [-0.39, 0.29) is 12.0 Å². The average molecular weight is 572 g/mol. The summed E-state index contributed by atoms with van der Waals surface area (Å²) in [6.07, 6.45) is 19.1. The van der Waals surface area contributed by atoms with E-state index in [1.807, 2.05) is 59.1 Å². The molecule has 0 heterocycles. The van der Waals surface area contributed by atoms with E-state index in [0.29, 0.717) is 17.3 Å². The molecule has 1 atom stereocenters. The molecule has 1 aliphatic rings. The van der Waals surface area contributed by atoms with Crippen molar-refractivity contribution in [3.63, 3.8) is 0 Å². The quantitative estimate of drug-likeness (QED) is 0.118. The van der Waals surface area contributed by atoms with Gasteiger partial charge >= 0.3 is 0 Å². The van der Waals surface area contributed by atoms with Gasteiger partial charge in [-0.25, -0.2) is 9.38 Å². The fourth-order valence-corrected chi connectivity index (χ4v) is 5.40. The van der Waals surface area contributed by atoms with Gasteiger partial charge in [0.15, 0.2) is 0 Å². The zero-order valence-corrected chi connectivity index (χ0v) is 27.5. The van der Waals surface area contributed by atoms with Gasteiger partial charge in [0.25, 0.3) is 0 Å². The number of aliphatic imine (C=N–C) groups is 2. The molecule has 1 fully saturated rings. The van der Waals surface area contributed by atoms with E-state index in [1.54, 1.807) is 32.2 Å². The SMILES string of the molecule is C=C/C(=C\C)C(=C)/C=N\C(=C/C)[C@H](C(=C)C)C1CCC(NC(=C)\N=C/C(=C(C)/C(C=C)=C/C(C)=C\C)C(C)(C)F)CC1. The second-order valence-electron chi connectivity index (χ2n) is 11.6. The summed E-state index contributed by atoms with van der Waals surface area (Å²) in [6, 6.07) is 0.256. The van der Waals surface area contributed by atoms with E-state index in [2.05, 4.69) is 56.2 Å². The Kier molecular flexibility index (Phi) is 15.1. The summed E-state index contributed by atoms with van der Waals surface area (Å²) in [5.74, 6) is 1.17. The molecule has 42 heavy (non-hydrogen) atoms. The molecule has 1 saturated carbocycles. The van der Waals surface area contributed by atoms with Crippen LogP contribution in [-0.2, 0) is 0 Å². The topological polar surface area (TPSA) is 36.8 Å². The van der Waals surface area contributed by atoms with Crippen molar-refractivity contribution < 1.29 is 4.39 Å². The number of nitrogens with zero attached hydrogens (tertiary/aromatic N) is 2. The molecule has 0 aromatic heterocycles. The van der Waals surface area contributed by atoms with E-state index < -0.39 is 5.67 Å². The summed E-state index contributed by atoms with van der Waals surface area (Å²) in [7, 11) is 0. The molecule has 0 aromatic rings. The smallest absolute Gasteiger partial charge is 0.132 e. The highest BCUT2D eigenvalue weighted by Gasteiger charge is 2.30. The van der Waals surface area contributed by atoms with Crippen molar-refractivity contribution in [2.24, 2.45) is 21.8 Å². The third-order valence-corrected chi connectivity index (χ3v) is 7.92. The summed E-state index contributed by atoms with van der Waals surface area (Å²) in [5.41, 5.74) is 5.65. The molecule has 0 aliphatic heterocycles. The lowest BCUT2D eigenvalue weighted by Gasteiger charge is -2.35. The maximum Gasteiger partial charge on any atom is 0.132 e. The first kappa shape index (κ1) is 36.5. The summed E-state index contributed by atoms with van der Waals surface area (Å²) in [5, 5.41) is 3.47. The summed E-state index contributed by atoms with van der Waals surface area (Å²) >= 11 is 0. The molecular formula is C38H54FN3. The van der Waals surface area contributed by atoms with Gasteiger partial charge < -0.3 is 5.32 Å². The molecule has 0 saturated heterocycles. The lowest BCUT2D eigenvalue weighted by atomic mass is 9.74. The van der Waals surface area contributed by atoms with Gasteiger partial charge in [0, 0.05) is 35.7 Å². The van der Waals surface area contributed by atoms with Crippen LogP contribution in [0.4, 0.5) is 4.39 Å². The number of hydrogen-bond donors (Lipinski definition) is 1. The highest BCUT2D eigenvalue weighted by molar-refractivity contribution is 5.86. The Morgan fingerprint density at radius 2 is 1.45 bits per heavy atom. The van der Waals surface area contributed by atoms with Crippen LogP contribution in [-0.4, -0.2) is 24.1 Å². The zero-order chi connectivity index (χ0) is 32.0. The number of alkyl halides is 1. The molecule has 1 rings (SSSR count). The van der Waals surface area contributed by atoms with Crippen LogP contribution in [0.3, 0.4) is 0 Å². The second-order valence-corrected chi connectivity index (χ2v) is 11.6. The molecular weight excluding hydrogens is 517 g/mol. The monoisotopic (exact) mass is 571 g/mol. The van der Waals surface area contributed by atoms with Crippen LogP contribution in [0.5, 0.6) is 0 Å². The van der Waals surface area contributed by atoms with Crippen molar-refractivity contribution in [2.75, 3.05) is 0 Å². The molecule has 228 valence electrons. The molecule has 0 radical (unpaired) electrons. The maximum absolute atomic E-state index is 15.3. The Bertz CT molecular complexity index is 1230. The van der Waals surface area contributed by atoms with Crippen LogP contribution in [0.25, 0.3) is 0 Å². The first-order valence-corrected chi connectivity index (χ1v) is 14.9. The van der Waals surface area contributed by atoms with Crippen molar-refractivity contribution in [3.8, 4) is 0 Å². The fraction of sp³-hybridized carbons (Fsp3) is 0.421. The predicted octanol–water partition coefficient (Wildman–Crippen LogP) is 10.7. The van der Waals surface area contributed by atoms with Gasteiger partial charge in [-0.05, 0) is 109 Å². The van der Waals surface area contributed by atoms with E-state index in [4.69, 9.17) is 4.99 Å². The van der Waals surface area contributed by atoms with Crippen molar-refractivity contribution in [2.45, 2.75) is 92.8 Å². The second kappa shape index (κ2) is 17.4. The molecule has 0 amide bonds. The number of halogens is 1. The third kappa shape index (κ3) is 11.0.